The summed E-state index contributed by atoms with van der Waals surface area (Å²) in [5.41, 5.74) is 2.62. The fourth-order valence-electron chi connectivity index (χ4n) is 2.56. The number of hydrogen-bond donors (Lipinski definition) is 1. The molecule has 142 valence electrons. The van der Waals surface area contributed by atoms with E-state index in [1.54, 1.807) is 24.1 Å². The maximum absolute atomic E-state index is 8.87. The average Bonchev–Trinajstić information content (AvgIpc) is 3.10. The van der Waals surface area contributed by atoms with Crippen LogP contribution in [0.15, 0.2) is 48.7 Å². The van der Waals surface area contributed by atoms with Gasteiger partial charge in [0.15, 0.2) is 0 Å². The smallest absolute Gasteiger partial charge is 0.234 e. The molecule has 27 heavy (non-hydrogen) atoms. The van der Waals surface area contributed by atoms with E-state index in [1.807, 2.05) is 50.2 Å². The fraction of sp³-hybridized carbons (Fsp3) is 0.300. The minimum absolute atomic E-state index is 0.0180. The van der Waals surface area contributed by atoms with Gasteiger partial charge in [0.2, 0.25) is 11.8 Å². The summed E-state index contributed by atoms with van der Waals surface area (Å²) in [5, 5.41) is 13.4. The number of aromatic nitrogens is 3. The third-order valence-corrected chi connectivity index (χ3v) is 3.73. The van der Waals surface area contributed by atoms with Gasteiger partial charge in [0, 0.05) is 17.7 Å². The van der Waals surface area contributed by atoms with E-state index in [-0.39, 0.29) is 19.3 Å². The van der Waals surface area contributed by atoms with Crippen molar-refractivity contribution in [3.63, 3.8) is 0 Å². The highest BCUT2D eigenvalue weighted by Crippen LogP contribution is 2.29. The molecule has 0 amide bonds. The van der Waals surface area contributed by atoms with Gasteiger partial charge in [-0.25, -0.2) is 9.67 Å². The van der Waals surface area contributed by atoms with Crippen LogP contribution in [0.5, 0.6) is 17.5 Å². The van der Waals surface area contributed by atoms with Gasteiger partial charge < -0.3 is 19.3 Å². The quantitative estimate of drug-likeness (QED) is 0.657. The number of rotatable bonds is 8. The van der Waals surface area contributed by atoms with Crippen LogP contribution in [0.1, 0.15) is 13.8 Å². The van der Waals surface area contributed by atoms with Crippen LogP contribution < -0.4 is 14.2 Å². The zero-order chi connectivity index (χ0) is 19.2. The van der Waals surface area contributed by atoms with E-state index >= 15 is 0 Å². The Labute approximate surface area is 158 Å². The molecule has 3 aromatic rings. The molecule has 1 N–H and O–H groups in total. The van der Waals surface area contributed by atoms with E-state index in [0.29, 0.717) is 17.5 Å². The molecule has 1 aromatic carbocycles. The summed E-state index contributed by atoms with van der Waals surface area (Å²) in [5.74, 6) is 1.77. The Morgan fingerprint density at radius 1 is 1.07 bits per heavy atom. The summed E-state index contributed by atoms with van der Waals surface area (Å²) in [6.45, 7) is 4.16. The van der Waals surface area contributed by atoms with Crippen LogP contribution in [-0.4, -0.2) is 46.3 Å². The molecule has 7 nitrogen and oxygen atoms in total. The Kier molecular flexibility index (Phi) is 5.93. The molecule has 0 aliphatic carbocycles. The summed E-state index contributed by atoms with van der Waals surface area (Å²) in [6.07, 6.45) is 1.72. The van der Waals surface area contributed by atoms with Gasteiger partial charge in [-0.1, -0.05) is 0 Å². The number of benzene rings is 1. The van der Waals surface area contributed by atoms with Crippen molar-refractivity contribution in [1.29, 1.82) is 0 Å². The van der Waals surface area contributed by atoms with Gasteiger partial charge >= 0.3 is 0 Å². The highest BCUT2D eigenvalue weighted by atomic mass is 16.5. The van der Waals surface area contributed by atoms with Crippen LogP contribution in [0.4, 0.5) is 0 Å². The molecule has 0 spiro atoms. The summed E-state index contributed by atoms with van der Waals surface area (Å²) in [7, 11) is 1.58. The number of ether oxygens (including phenoxy) is 3. The lowest BCUT2D eigenvalue weighted by Gasteiger charge is -2.09. The van der Waals surface area contributed by atoms with Crippen LogP contribution in [0.2, 0.25) is 0 Å². The Hall–Kier alpha value is -3.06. The molecular weight excluding hydrogens is 346 g/mol. The normalized spacial score (nSPS) is 10.9. The highest BCUT2D eigenvalue weighted by Gasteiger charge is 2.14. The fourth-order valence-corrected chi connectivity index (χ4v) is 2.56. The first-order valence-electron chi connectivity index (χ1n) is 8.72. The Bertz CT molecular complexity index is 858. The topological polar surface area (TPSA) is 78.6 Å². The van der Waals surface area contributed by atoms with Gasteiger partial charge in [0.25, 0.3) is 0 Å². The molecule has 0 aliphatic rings. The van der Waals surface area contributed by atoms with Crippen molar-refractivity contribution in [3.05, 3.63) is 48.7 Å². The standard InChI is InChI=1S/C20H23N3O4/c1-14(2)27-20-12-18(15-4-7-17(8-5-15)26-11-10-24)23(22-20)16-6-9-19(25-3)21-13-16/h4-9,12-14,24H,10-11H2,1-3H3. The second-order valence-corrected chi connectivity index (χ2v) is 6.10. The number of methoxy groups -OCH3 is 1. The zero-order valence-corrected chi connectivity index (χ0v) is 15.6. The summed E-state index contributed by atoms with van der Waals surface area (Å²) < 4.78 is 18.1. The van der Waals surface area contributed by atoms with Gasteiger partial charge in [0.05, 0.1) is 37.4 Å². The Morgan fingerprint density at radius 3 is 2.44 bits per heavy atom. The molecule has 0 saturated heterocycles. The third kappa shape index (κ3) is 4.57. The van der Waals surface area contributed by atoms with Crippen LogP contribution in [0.25, 0.3) is 16.9 Å². The van der Waals surface area contributed by atoms with Crippen molar-refractivity contribution >= 4 is 0 Å². The monoisotopic (exact) mass is 369 g/mol. The van der Waals surface area contributed by atoms with Crippen molar-refractivity contribution in [1.82, 2.24) is 14.8 Å². The van der Waals surface area contributed by atoms with Crippen molar-refractivity contribution in [2.75, 3.05) is 20.3 Å². The largest absolute Gasteiger partial charge is 0.491 e. The van der Waals surface area contributed by atoms with Gasteiger partial charge in [-0.2, -0.15) is 0 Å². The number of hydrogen-bond acceptors (Lipinski definition) is 6. The van der Waals surface area contributed by atoms with E-state index in [4.69, 9.17) is 19.3 Å². The molecule has 0 fully saturated rings. The molecule has 2 heterocycles. The van der Waals surface area contributed by atoms with Gasteiger partial charge in [-0.15, -0.1) is 5.10 Å². The van der Waals surface area contributed by atoms with Crippen molar-refractivity contribution in [2.24, 2.45) is 0 Å². The molecule has 2 aromatic heterocycles. The summed E-state index contributed by atoms with van der Waals surface area (Å²) >= 11 is 0. The van der Waals surface area contributed by atoms with E-state index in [2.05, 4.69) is 10.1 Å². The lowest BCUT2D eigenvalue weighted by atomic mass is 10.1. The first-order valence-corrected chi connectivity index (χ1v) is 8.72. The van der Waals surface area contributed by atoms with Crippen molar-refractivity contribution in [2.45, 2.75) is 20.0 Å². The van der Waals surface area contributed by atoms with Crippen LogP contribution in [0, 0.1) is 0 Å². The van der Waals surface area contributed by atoms with Crippen molar-refractivity contribution in [3.8, 4) is 34.5 Å². The molecule has 0 aliphatic heterocycles. The van der Waals surface area contributed by atoms with Crippen LogP contribution in [0.3, 0.4) is 0 Å². The van der Waals surface area contributed by atoms with Gasteiger partial charge in [-0.3, -0.25) is 0 Å². The highest BCUT2D eigenvalue weighted by molar-refractivity contribution is 5.64. The van der Waals surface area contributed by atoms with Gasteiger partial charge in [0.1, 0.15) is 12.4 Å². The van der Waals surface area contributed by atoms with E-state index in [1.165, 1.54) is 0 Å². The first kappa shape index (κ1) is 18.7. The lowest BCUT2D eigenvalue weighted by Crippen LogP contribution is -2.06. The number of aliphatic hydroxyl groups excluding tert-OH is 1. The maximum atomic E-state index is 8.87. The SMILES string of the molecule is COc1ccc(-n2nc(OC(C)C)cc2-c2ccc(OCCO)cc2)cn1. The molecule has 3 rings (SSSR count). The molecular formula is C20H23N3O4. The number of pyridine rings is 1. The molecule has 0 radical (unpaired) electrons. The molecule has 7 heteroatoms. The van der Waals surface area contributed by atoms with E-state index < -0.39 is 0 Å². The Morgan fingerprint density at radius 2 is 1.85 bits per heavy atom. The second kappa shape index (κ2) is 8.55. The van der Waals surface area contributed by atoms with E-state index in [0.717, 1.165) is 16.9 Å². The molecule has 0 unspecified atom stereocenters. The van der Waals surface area contributed by atoms with Gasteiger partial charge in [-0.05, 0) is 44.2 Å². The summed E-state index contributed by atoms with van der Waals surface area (Å²) in [4.78, 5) is 4.26. The zero-order valence-electron chi connectivity index (χ0n) is 15.6. The predicted octanol–water partition coefficient (Wildman–Crippen LogP) is 3.10. The average molecular weight is 369 g/mol. The molecule has 0 bridgehead atoms. The maximum Gasteiger partial charge on any atom is 0.234 e. The van der Waals surface area contributed by atoms with Crippen LogP contribution in [-0.2, 0) is 0 Å². The number of nitrogens with zero attached hydrogens (tertiary/aromatic N) is 3. The van der Waals surface area contributed by atoms with Crippen LogP contribution >= 0.6 is 0 Å². The van der Waals surface area contributed by atoms with Crippen molar-refractivity contribution < 1.29 is 19.3 Å². The predicted molar refractivity (Wildman–Crippen MR) is 102 cm³/mol. The Balaban J connectivity index is 1.97. The second-order valence-electron chi connectivity index (χ2n) is 6.10. The lowest BCUT2D eigenvalue weighted by molar-refractivity contribution is 0.201. The number of aliphatic hydroxyl groups is 1. The molecule has 0 atom stereocenters. The minimum Gasteiger partial charge on any atom is -0.491 e. The first-order chi connectivity index (χ1) is 13.1. The third-order valence-electron chi connectivity index (χ3n) is 3.73. The molecule has 0 saturated carbocycles. The van der Waals surface area contributed by atoms with E-state index in [9.17, 15) is 0 Å². The minimum atomic E-state index is -0.0190. The summed E-state index contributed by atoms with van der Waals surface area (Å²) in [6, 6.07) is 13.2.